The lowest BCUT2D eigenvalue weighted by atomic mass is 10.1. The van der Waals surface area contributed by atoms with Crippen molar-refractivity contribution in [3.05, 3.63) is 35.4 Å². The van der Waals surface area contributed by atoms with E-state index in [1.165, 1.54) is 11.1 Å². The predicted octanol–water partition coefficient (Wildman–Crippen LogP) is 0.789. The molecule has 90 valence electrons. The van der Waals surface area contributed by atoms with Gasteiger partial charge in [0.05, 0.1) is 6.10 Å². The molecule has 0 saturated heterocycles. The third-order valence-corrected chi connectivity index (χ3v) is 2.70. The molecule has 0 bridgehead atoms. The molecule has 0 aromatic heterocycles. The monoisotopic (exact) mass is 222 g/mol. The van der Waals surface area contributed by atoms with Gasteiger partial charge in [0.15, 0.2) is 0 Å². The van der Waals surface area contributed by atoms with Gasteiger partial charge in [-0.05, 0) is 26.0 Å². The second-order valence-electron chi connectivity index (χ2n) is 4.39. The fourth-order valence-electron chi connectivity index (χ4n) is 1.60. The van der Waals surface area contributed by atoms with Crippen LogP contribution in [0, 0.1) is 6.92 Å². The van der Waals surface area contributed by atoms with E-state index in [9.17, 15) is 5.11 Å². The van der Waals surface area contributed by atoms with Gasteiger partial charge in [-0.1, -0.05) is 29.8 Å². The van der Waals surface area contributed by atoms with E-state index in [1.54, 1.807) is 0 Å². The average Bonchev–Trinajstić information content (AvgIpc) is 2.28. The van der Waals surface area contributed by atoms with E-state index in [0.717, 1.165) is 13.0 Å². The molecule has 1 aromatic carbocycles. The van der Waals surface area contributed by atoms with Crippen molar-refractivity contribution in [3.8, 4) is 0 Å². The molecule has 0 saturated carbocycles. The number of aliphatic hydroxyl groups is 1. The maximum absolute atomic E-state index is 9.40. The molecule has 0 aliphatic carbocycles. The summed E-state index contributed by atoms with van der Waals surface area (Å²) in [5.74, 6) is 0. The Morgan fingerprint density at radius 2 is 1.94 bits per heavy atom. The summed E-state index contributed by atoms with van der Waals surface area (Å²) < 4.78 is 0. The van der Waals surface area contributed by atoms with Crippen LogP contribution in [0.25, 0.3) is 0 Å². The molecule has 1 aromatic rings. The van der Waals surface area contributed by atoms with Crippen LogP contribution in [-0.4, -0.2) is 42.8 Å². The van der Waals surface area contributed by atoms with Crippen LogP contribution in [0.5, 0.6) is 0 Å². The highest BCUT2D eigenvalue weighted by Gasteiger charge is 2.05. The van der Waals surface area contributed by atoms with Crippen molar-refractivity contribution >= 4 is 0 Å². The first-order chi connectivity index (χ1) is 7.61. The van der Waals surface area contributed by atoms with Gasteiger partial charge < -0.3 is 15.7 Å². The quantitative estimate of drug-likeness (QED) is 0.748. The molecule has 0 amide bonds. The number of nitrogens with zero attached hydrogens (tertiary/aromatic N) is 1. The van der Waals surface area contributed by atoms with Gasteiger partial charge in [-0.25, -0.2) is 0 Å². The Labute approximate surface area is 97.9 Å². The minimum atomic E-state index is -0.414. The molecule has 0 spiro atoms. The van der Waals surface area contributed by atoms with Crippen LogP contribution < -0.4 is 5.73 Å². The summed E-state index contributed by atoms with van der Waals surface area (Å²) in [6.45, 7) is 4.00. The Kier molecular flexibility index (Phi) is 5.46. The van der Waals surface area contributed by atoms with Gasteiger partial charge in [-0.15, -0.1) is 0 Å². The highest BCUT2D eigenvalue weighted by molar-refractivity contribution is 5.21. The van der Waals surface area contributed by atoms with Gasteiger partial charge in [0.2, 0.25) is 0 Å². The Balaban J connectivity index is 2.31. The molecular formula is C13H22N2O. The standard InChI is InChI=1S/C13H22N2O/c1-11-3-5-12(6-4-11)7-8-15(2)10-13(16)9-14/h3-6,13,16H,7-10,14H2,1-2H3. The van der Waals surface area contributed by atoms with Gasteiger partial charge in [0.25, 0.3) is 0 Å². The van der Waals surface area contributed by atoms with Crippen molar-refractivity contribution in [2.75, 3.05) is 26.7 Å². The number of hydrogen-bond donors (Lipinski definition) is 2. The van der Waals surface area contributed by atoms with E-state index in [2.05, 4.69) is 36.1 Å². The highest BCUT2D eigenvalue weighted by Crippen LogP contribution is 2.04. The van der Waals surface area contributed by atoms with Crippen molar-refractivity contribution < 1.29 is 5.11 Å². The number of nitrogens with two attached hydrogens (primary N) is 1. The first-order valence-electron chi connectivity index (χ1n) is 5.74. The van der Waals surface area contributed by atoms with Crippen molar-refractivity contribution in [1.82, 2.24) is 4.90 Å². The van der Waals surface area contributed by atoms with Crippen molar-refractivity contribution in [2.24, 2.45) is 5.73 Å². The normalized spacial score (nSPS) is 13.1. The lowest BCUT2D eigenvalue weighted by Gasteiger charge is -2.19. The zero-order chi connectivity index (χ0) is 12.0. The van der Waals surface area contributed by atoms with E-state index in [4.69, 9.17) is 5.73 Å². The molecule has 16 heavy (non-hydrogen) atoms. The SMILES string of the molecule is Cc1ccc(CCN(C)CC(O)CN)cc1. The summed E-state index contributed by atoms with van der Waals surface area (Å²) in [6, 6.07) is 8.57. The first-order valence-corrected chi connectivity index (χ1v) is 5.74. The second-order valence-corrected chi connectivity index (χ2v) is 4.39. The number of rotatable bonds is 6. The first kappa shape index (κ1) is 13.2. The number of benzene rings is 1. The van der Waals surface area contributed by atoms with Crippen LogP contribution in [0.2, 0.25) is 0 Å². The summed E-state index contributed by atoms with van der Waals surface area (Å²) in [6.07, 6.45) is 0.594. The maximum atomic E-state index is 9.40. The molecule has 0 fully saturated rings. The van der Waals surface area contributed by atoms with E-state index in [0.29, 0.717) is 13.1 Å². The van der Waals surface area contributed by atoms with Crippen LogP contribution in [0.3, 0.4) is 0 Å². The lowest BCUT2D eigenvalue weighted by molar-refractivity contribution is 0.133. The third-order valence-electron chi connectivity index (χ3n) is 2.70. The third kappa shape index (κ3) is 4.75. The minimum absolute atomic E-state index is 0.328. The number of likely N-dealkylation sites (N-methyl/N-ethyl adjacent to an activating group) is 1. The highest BCUT2D eigenvalue weighted by atomic mass is 16.3. The van der Waals surface area contributed by atoms with Crippen LogP contribution in [0.4, 0.5) is 0 Å². The summed E-state index contributed by atoms with van der Waals surface area (Å²) >= 11 is 0. The smallest absolute Gasteiger partial charge is 0.0788 e. The molecule has 1 unspecified atom stereocenters. The largest absolute Gasteiger partial charge is 0.390 e. The van der Waals surface area contributed by atoms with Gasteiger partial charge in [0.1, 0.15) is 0 Å². The Bertz CT molecular complexity index is 297. The number of aliphatic hydroxyl groups excluding tert-OH is 1. The molecule has 3 heteroatoms. The summed E-state index contributed by atoms with van der Waals surface area (Å²) in [4.78, 5) is 2.11. The second kappa shape index (κ2) is 6.63. The zero-order valence-electron chi connectivity index (χ0n) is 10.2. The Hall–Kier alpha value is -0.900. The van der Waals surface area contributed by atoms with E-state index >= 15 is 0 Å². The molecule has 0 aliphatic rings. The molecule has 1 atom stereocenters. The molecule has 3 nitrogen and oxygen atoms in total. The minimum Gasteiger partial charge on any atom is -0.390 e. The molecule has 0 radical (unpaired) electrons. The van der Waals surface area contributed by atoms with Crippen molar-refractivity contribution in [3.63, 3.8) is 0 Å². The average molecular weight is 222 g/mol. The van der Waals surface area contributed by atoms with Crippen LogP contribution in [-0.2, 0) is 6.42 Å². The predicted molar refractivity (Wildman–Crippen MR) is 67.4 cm³/mol. The molecule has 0 aliphatic heterocycles. The van der Waals surface area contributed by atoms with E-state index in [1.807, 2.05) is 7.05 Å². The lowest BCUT2D eigenvalue weighted by Crippen LogP contribution is -2.35. The van der Waals surface area contributed by atoms with Gasteiger partial charge in [-0.2, -0.15) is 0 Å². The van der Waals surface area contributed by atoms with Gasteiger partial charge in [0, 0.05) is 19.6 Å². The Morgan fingerprint density at radius 1 is 1.31 bits per heavy atom. The van der Waals surface area contributed by atoms with E-state index < -0.39 is 6.10 Å². The molecular weight excluding hydrogens is 200 g/mol. The zero-order valence-corrected chi connectivity index (χ0v) is 10.2. The van der Waals surface area contributed by atoms with Crippen molar-refractivity contribution in [1.29, 1.82) is 0 Å². The van der Waals surface area contributed by atoms with Gasteiger partial charge >= 0.3 is 0 Å². The van der Waals surface area contributed by atoms with Crippen LogP contribution >= 0.6 is 0 Å². The molecule has 0 heterocycles. The van der Waals surface area contributed by atoms with E-state index in [-0.39, 0.29) is 0 Å². The van der Waals surface area contributed by atoms with Crippen molar-refractivity contribution in [2.45, 2.75) is 19.4 Å². The number of aryl methyl sites for hydroxylation is 1. The topological polar surface area (TPSA) is 49.5 Å². The fraction of sp³-hybridized carbons (Fsp3) is 0.538. The summed E-state index contributed by atoms with van der Waals surface area (Å²) in [5.41, 5.74) is 7.99. The van der Waals surface area contributed by atoms with Gasteiger partial charge in [-0.3, -0.25) is 0 Å². The summed E-state index contributed by atoms with van der Waals surface area (Å²) in [5, 5.41) is 9.40. The number of hydrogen-bond acceptors (Lipinski definition) is 3. The van der Waals surface area contributed by atoms with Crippen LogP contribution in [0.1, 0.15) is 11.1 Å². The summed E-state index contributed by atoms with van der Waals surface area (Å²) in [7, 11) is 2.01. The molecule has 1 rings (SSSR count). The fourth-order valence-corrected chi connectivity index (χ4v) is 1.60. The Morgan fingerprint density at radius 3 is 2.50 bits per heavy atom. The maximum Gasteiger partial charge on any atom is 0.0788 e. The molecule has 3 N–H and O–H groups in total. The van der Waals surface area contributed by atoms with Crippen LogP contribution in [0.15, 0.2) is 24.3 Å².